The molecule has 1 aliphatic rings. The average Bonchev–Trinajstić information content (AvgIpc) is 2.72. The van der Waals surface area contributed by atoms with Gasteiger partial charge in [-0.3, -0.25) is 0 Å². The van der Waals surface area contributed by atoms with Gasteiger partial charge in [0.05, 0.1) is 0 Å². The molecule has 0 radical (unpaired) electrons. The second-order valence-corrected chi connectivity index (χ2v) is 9.03. The largest absolute Gasteiger partial charge is 0.383 e. The summed E-state index contributed by atoms with van der Waals surface area (Å²) in [6.45, 7) is 6.90. The molecular weight excluding hydrogens is 354 g/mol. The van der Waals surface area contributed by atoms with Gasteiger partial charge < -0.3 is 5.73 Å². The number of nitrogens with two attached hydrogens (primary N) is 1. The number of nitrogen functional groups attached to an aromatic ring is 1. The van der Waals surface area contributed by atoms with E-state index in [1.54, 1.807) is 0 Å². The Balaban J connectivity index is 1.83. The van der Waals surface area contributed by atoms with E-state index in [1.807, 2.05) is 18.2 Å². The third-order valence-electron chi connectivity index (χ3n) is 6.21. The van der Waals surface area contributed by atoms with Crippen molar-refractivity contribution in [3.8, 4) is 28.3 Å². The maximum absolute atomic E-state index is 9.85. The van der Waals surface area contributed by atoms with Gasteiger partial charge in [-0.2, -0.15) is 5.26 Å². The molecule has 0 saturated carbocycles. The van der Waals surface area contributed by atoms with Crippen LogP contribution in [0.2, 0.25) is 0 Å². The highest BCUT2D eigenvalue weighted by Gasteiger charge is 2.32. The Morgan fingerprint density at radius 2 is 1.59 bits per heavy atom. The number of aromatic nitrogens is 1. The Bertz CT molecular complexity index is 1070. The third-order valence-corrected chi connectivity index (χ3v) is 6.21. The smallest absolute Gasteiger partial charge is 0.142 e. The summed E-state index contributed by atoms with van der Waals surface area (Å²) < 4.78 is 0. The minimum Gasteiger partial charge on any atom is -0.383 e. The first-order valence-electron chi connectivity index (χ1n) is 10.3. The summed E-state index contributed by atoms with van der Waals surface area (Å²) in [6, 6.07) is 21.1. The van der Waals surface area contributed by atoms with E-state index >= 15 is 0 Å². The molecule has 2 aromatic carbocycles. The van der Waals surface area contributed by atoms with Crippen LogP contribution in [0.3, 0.4) is 0 Å². The molecule has 146 valence electrons. The Kier molecular flexibility index (Phi) is 4.88. The van der Waals surface area contributed by atoms with Gasteiger partial charge in [-0.15, -0.1) is 0 Å². The summed E-state index contributed by atoms with van der Waals surface area (Å²) in [6.07, 6.45) is 2.97. The van der Waals surface area contributed by atoms with Crippen LogP contribution in [-0.4, -0.2) is 4.98 Å². The zero-order valence-electron chi connectivity index (χ0n) is 17.4. The number of rotatable bonds is 2. The van der Waals surface area contributed by atoms with Crippen LogP contribution in [0.15, 0.2) is 54.6 Å². The molecular formula is C26H27N3. The van der Waals surface area contributed by atoms with Crippen LogP contribution in [-0.2, 0) is 12.8 Å². The van der Waals surface area contributed by atoms with E-state index in [0.717, 1.165) is 41.6 Å². The SMILES string of the molecule is CC(C)(C)C1CCc2nc(N)c(C#N)c(-c3ccc(-c4ccccc4)cc3)c2C1. The lowest BCUT2D eigenvalue weighted by molar-refractivity contribution is 0.215. The molecule has 2 N–H and O–H groups in total. The number of hydrogen-bond acceptors (Lipinski definition) is 3. The fraction of sp³-hybridized carbons (Fsp3) is 0.308. The van der Waals surface area contributed by atoms with Gasteiger partial charge in [0.15, 0.2) is 0 Å². The van der Waals surface area contributed by atoms with Crippen molar-refractivity contribution in [3.63, 3.8) is 0 Å². The fourth-order valence-electron chi connectivity index (χ4n) is 4.41. The molecule has 1 heterocycles. The van der Waals surface area contributed by atoms with Crippen molar-refractivity contribution in [2.24, 2.45) is 11.3 Å². The number of anilines is 1. The molecule has 4 rings (SSSR count). The lowest BCUT2D eigenvalue weighted by Gasteiger charge is -2.35. The third kappa shape index (κ3) is 3.63. The van der Waals surface area contributed by atoms with Crippen LogP contribution >= 0.6 is 0 Å². The minimum absolute atomic E-state index is 0.223. The van der Waals surface area contributed by atoms with Gasteiger partial charge in [0, 0.05) is 11.3 Å². The maximum Gasteiger partial charge on any atom is 0.142 e. The topological polar surface area (TPSA) is 62.7 Å². The van der Waals surface area contributed by atoms with E-state index in [4.69, 9.17) is 5.73 Å². The summed E-state index contributed by atoms with van der Waals surface area (Å²) in [5, 5.41) is 9.85. The van der Waals surface area contributed by atoms with Gasteiger partial charge in [0.25, 0.3) is 0 Å². The number of aryl methyl sites for hydroxylation is 1. The molecule has 1 atom stereocenters. The molecule has 0 fully saturated rings. The molecule has 0 amide bonds. The van der Waals surface area contributed by atoms with E-state index < -0.39 is 0 Å². The highest BCUT2D eigenvalue weighted by atomic mass is 14.9. The van der Waals surface area contributed by atoms with E-state index in [-0.39, 0.29) is 5.41 Å². The Labute approximate surface area is 173 Å². The number of nitriles is 1. The van der Waals surface area contributed by atoms with Crippen LogP contribution < -0.4 is 5.73 Å². The maximum atomic E-state index is 9.85. The van der Waals surface area contributed by atoms with Crippen molar-refractivity contribution in [1.29, 1.82) is 5.26 Å². The molecule has 0 bridgehead atoms. The van der Waals surface area contributed by atoms with Crippen LogP contribution in [0.1, 0.15) is 44.0 Å². The molecule has 1 aliphatic carbocycles. The Morgan fingerprint density at radius 1 is 0.966 bits per heavy atom. The van der Waals surface area contributed by atoms with Crippen molar-refractivity contribution in [1.82, 2.24) is 4.98 Å². The Morgan fingerprint density at radius 3 is 2.21 bits per heavy atom. The lowest BCUT2D eigenvalue weighted by Crippen LogP contribution is -2.28. The van der Waals surface area contributed by atoms with Crippen molar-refractivity contribution in [3.05, 3.63) is 71.4 Å². The second kappa shape index (κ2) is 7.37. The molecule has 3 heteroatoms. The minimum atomic E-state index is 0.223. The quantitative estimate of drug-likeness (QED) is 0.590. The monoisotopic (exact) mass is 381 g/mol. The van der Waals surface area contributed by atoms with Gasteiger partial charge in [-0.1, -0.05) is 75.4 Å². The first-order valence-corrected chi connectivity index (χ1v) is 10.3. The first-order chi connectivity index (χ1) is 13.9. The van der Waals surface area contributed by atoms with E-state index in [0.29, 0.717) is 17.3 Å². The number of hydrogen-bond donors (Lipinski definition) is 1. The van der Waals surface area contributed by atoms with Gasteiger partial charge >= 0.3 is 0 Å². The van der Waals surface area contributed by atoms with Gasteiger partial charge in [0.2, 0.25) is 0 Å². The first kappa shape index (κ1) is 19.2. The van der Waals surface area contributed by atoms with Crippen molar-refractivity contribution >= 4 is 5.82 Å². The lowest BCUT2D eigenvalue weighted by atomic mass is 9.70. The van der Waals surface area contributed by atoms with E-state index in [9.17, 15) is 5.26 Å². The van der Waals surface area contributed by atoms with Crippen LogP contribution in [0.4, 0.5) is 5.82 Å². The van der Waals surface area contributed by atoms with Crippen molar-refractivity contribution < 1.29 is 0 Å². The fourth-order valence-corrected chi connectivity index (χ4v) is 4.41. The summed E-state index contributed by atoms with van der Waals surface area (Å²) in [7, 11) is 0. The normalized spacial score (nSPS) is 16.1. The number of benzene rings is 2. The molecule has 3 aromatic rings. The van der Waals surface area contributed by atoms with Crippen LogP contribution in [0.5, 0.6) is 0 Å². The summed E-state index contributed by atoms with van der Waals surface area (Å²) in [5.74, 6) is 0.914. The van der Waals surface area contributed by atoms with Crippen molar-refractivity contribution in [2.75, 3.05) is 5.73 Å². The second-order valence-electron chi connectivity index (χ2n) is 9.03. The molecule has 1 unspecified atom stereocenters. The van der Waals surface area contributed by atoms with Gasteiger partial charge in [-0.05, 0) is 52.8 Å². The van der Waals surface area contributed by atoms with Crippen LogP contribution in [0.25, 0.3) is 22.3 Å². The molecule has 0 spiro atoms. The Hall–Kier alpha value is -3.12. The number of nitrogens with zero attached hydrogens (tertiary/aromatic N) is 2. The van der Waals surface area contributed by atoms with Gasteiger partial charge in [0.1, 0.15) is 17.5 Å². The standard InChI is InChI=1S/C26H27N3/c1-26(2,3)20-13-14-23-21(15-20)24(22(16-27)25(28)29-23)19-11-9-18(10-12-19)17-7-5-4-6-8-17/h4-12,20H,13-15H2,1-3H3,(H2,28,29). The van der Waals surface area contributed by atoms with Gasteiger partial charge in [-0.25, -0.2) is 4.98 Å². The summed E-state index contributed by atoms with van der Waals surface area (Å²) in [5.41, 5.74) is 13.6. The predicted molar refractivity (Wildman–Crippen MR) is 119 cm³/mol. The molecule has 3 nitrogen and oxygen atoms in total. The molecule has 0 saturated heterocycles. The zero-order chi connectivity index (χ0) is 20.6. The van der Waals surface area contributed by atoms with Crippen LogP contribution in [0, 0.1) is 22.7 Å². The molecule has 1 aromatic heterocycles. The molecule has 29 heavy (non-hydrogen) atoms. The van der Waals surface area contributed by atoms with E-state index in [1.165, 1.54) is 11.1 Å². The number of pyridine rings is 1. The highest BCUT2D eigenvalue weighted by Crippen LogP contribution is 2.42. The zero-order valence-corrected chi connectivity index (χ0v) is 17.4. The molecule has 0 aliphatic heterocycles. The predicted octanol–water partition coefficient (Wildman–Crippen LogP) is 6.02. The number of fused-ring (bicyclic) bond motifs is 1. The summed E-state index contributed by atoms with van der Waals surface area (Å²) in [4.78, 5) is 4.61. The van der Waals surface area contributed by atoms with E-state index in [2.05, 4.69) is 68.2 Å². The highest BCUT2D eigenvalue weighted by molar-refractivity contribution is 5.81. The average molecular weight is 382 g/mol. The summed E-state index contributed by atoms with van der Waals surface area (Å²) >= 11 is 0. The van der Waals surface area contributed by atoms with Crippen molar-refractivity contribution in [2.45, 2.75) is 40.0 Å².